The van der Waals surface area contributed by atoms with Gasteiger partial charge < -0.3 is 15.5 Å². The molecule has 0 aliphatic carbocycles. The van der Waals surface area contributed by atoms with Gasteiger partial charge >= 0.3 is 0 Å². The minimum Gasteiger partial charge on any atom is -0.371 e. The molecule has 3 aromatic carbocycles. The van der Waals surface area contributed by atoms with Crippen molar-refractivity contribution in [1.82, 2.24) is 5.32 Å². The van der Waals surface area contributed by atoms with Crippen molar-refractivity contribution in [3.63, 3.8) is 0 Å². The predicted octanol–water partition coefficient (Wildman–Crippen LogP) is 5.06. The summed E-state index contributed by atoms with van der Waals surface area (Å²) in [6.07, 6.45) is 2.83. The first-order valence-corrected chi connectivity index (χ1v) is 12.2. The molecule has 1 saturated heterocycles. The van der Waals surface area contributed by atoms with Crippen LogP contribution in [-0.4, -0.2) is 36.4 Å². The third kappa shape index (κ3) is 6.27. The summed E-state index contributed by atoms with van der Waals surface area (Å²) in [5, 5.41) is 16.9. The minimum atomic E-state index is -0.539. The molecule has 0 spiro atoms. The Morgan fingerprint density at radius 1 is 0.972 bits per heavy atom. The van der Waals surface area contributed by atoms with Crippen molar-refractivity contribution >= 4 is 28.9 Å². The van der Waals surface area contributed by atoms with Crippen LogP contribution < -0.4 is 15.5 Å². The van der Waals surface area contributed by atoms with Gasteiger partial charge in [0.2, 0.25) is 0 Å². The molecule has 186 valence electrons. The lowest BCUT2D eigenvalue weighted by molar-refractivity contribution is -0.384. The summed E-state index contributed by atoms with van der Waals surface area (Å²) in [5.74, 6) is -0.0300. The summed E-state index contributed by atoms with van der Waals surface area (Å²) >= 11 is 0. The van der Waals surface area contributed by atoms with E-state index in [0.29, 0.717) is 30.1 Å². The number of carbonyl (C=O) groups is 2. The van der Waals surface area contributed by atoms with Crippen molar-refractivity contribution in [3.8, 4) is 0 Å². The SMILES string of the molecule is CC1CCN(c2ccc(NC(=O)c3cccc([N+](=O)[O-])c3)cc2C(=O)NCCc2ccccc2)CC1. The third-order valence-electron chi connectivity index (χ3n) is 6.48. The number of benzene rings is 3. The second kappa shape index (κ2) is 11.5. The highest BCUT2D eigenvalue weighted by atomic mass is 16.6. The van der Waals surface area contributed by atoms with E-state index in [4.69, 9.17) is 0 Å². The molecule has 1 aliphatic heterocycles. The van der Waals surface area contributed by atoms with Crippen LogP contribution in [0.3, 0.4) is 0 Å². The number of amides is 2. The molecule has 1 heterocycles. The molecular formula is C28H30N4O4. The van der Waals surface area contributed by atoms with Crippen molar-refractivity contribution in [2.75, 3.05) is 29.9 Å². The van der Waals surface area contributed by atoms with E-state index in [2.05, 4.69) is 22.5 Å². The van der Waals surface area contributed by atoms with Crippen molar-refractivity contribution in [2.45, 2.75) is 26.2 Å². The molecular weight excluding hydrogens is 456 g/mol. The second-order valence-electron chi connectivity index (χ2n) is 9.15. The fourth-order valence-corrected chi connectivity index (χ4v) is 4.35. The van der Waals surface area contributed by atoms with Gasteiger partial charge in [0, 0.05) is 48.7 Å². The standard InChI is InChI=1S/C28H30N4O4/c1-20-13-16-31(17-14-20)26-11-10-23(30-27(33)22-8-5-9-24(18-22)32(35)36)19-25(26)28(34)29-15-12-21-6-3-2-4-7-21/h2-11,18-20H,12-17H2,1H3,(H,29,34)(H,30,33). The molecule has 0 radical (unpaired) electrons. The Hall–Kier alpha value is -4.20. The molecule has 4 rings (SSSR count). The maximum Gasteiger partial charge on any atom is 0.270 e. The van der Waals surface area contributed by atoms with Crippen LogP contribution in [0.1, 0.15) is 46.0 Å². The predicted molar refractivity (Wildman–Crippen MR) is 141 cm³/mol. The lowest BCUT2D eigenvalue weighted by Gasteiger charge is -2.33. The first-order chi connectivity index (χ1) is 17.4. The highest BCUT2D eigenvalue weighted by Crippen LogP contribution is 2.29. The number of non-ortho nitro benzene ring substituents is 1. The fraction of sp³-hybridized carbons (Fsp3) is 0.286. The Kier molecular flexibility index (Phi) is 7.95. The van der Waals surface area contributed by atoms with Gasteiger partial charge in [-0.05, 0) is 55.0 Å². The Morgan fingerprint density at radius 3 is 2.44 bits per heavy atom. The van der Waals surface area contributed by atoms with E-state index in [-0.39, 0.29) is 17.2 Å². The van der Waals surface area contributed by atoms with Crippen molar-refractivity contribution < 1.29 is 14.5 Å². The topological polar surface area (TPSA) is 105 Å². The number of hydrogen-bond donors (Lipinski definition) is 2. The lowest BCUT2D eigenvalue weighted by Crippen LogP contribution is -2.35. The van der Waals surface area contributed by atoms with Crippen molar-refractivity contribution in [3.05, 3.63) is 99.6 Å². The van der Waals surface area contributed by atoms with Gasteiger partial charge in [-0.15, -0.1) is 0 Å². The Bertz CT molecular complexity index is 1240. The lowest BCUT2D eigenvalue weighted by atomic mass is 9.97. The van der Waals surface area contributed by atoms with Gasteiger partial charge in [0.1, 0.15) is 0 Å². The number of nitrogens with one attached hydrogen (secondary N) is 2. The van der Waals surface area contributed by atoms with E-state index >= 15 is 0 Å². The zero-order valence-corrected chi connectivity index (χ0v) is 20.3. The molecule has 1 fully saturated rings. The molecule has 8 nitrogen and oxygen atoms in total. The number of piperidine rings is 1. The van der Waals surface area contributed by atoms with Crippen LogP contribution in [0.15, 0.2) is 72.8 Å². The normalized spacial score (nSPS) is 13.8. The van der Waals surface area contributed by atoms with Crippen LogP contribution in [0.5, 0.6) is 0 Å². The molecule has 0 bridgehead atoms. The van der Waals surface area contributed by atoms with Crippen LogP contribution in [0, 0.1) is 16.0 Å². The number of nitro groups is 1. The van der Waals surface area contributed by atoms with Crippen LogP contribution in [0.4, 0.5) is 17.1 Å². The molecule has 2 amide bonds. The maximum absolute atomic E-state index is 13.3. The first-order valence-electron chi connectivity index (χ1n) is 12.2. The largest absolute Gasteiger partial charge is 0.371 e. The van der Waals surface area contributed by atoms with E-state index in [9.17, 15) is 19.7 Å². The molecule has 0 aromatic heterocycles. The van der Waals surface area contributed by atoms with Gasteiger partial charge in [-0.25, -0.2) is 0 Å². The van der Waals surface area contributed by atoms with Gasteiger partial charge in [-0.1, -0.05) is 43.3 Å². The van der Waals surface area contributed by atoms with E-state index in [1.807, 2.05) is 36.4 Å². The van der Waals surface area contributed by atoms with Crippen LogP contribution in [-0.2, 0) is 6.42 Å². The number of hydrogen-bond acceptors (Lipinski definition) is 5. The maximum atomic E-state index is 13.3. The van der Waals surface area contributed by atoms with Gasteiger partial charge in [0.25, 0.3) is 17.5 Å². The van der Waals surface area contributed by atoms with E-state index < -0.39 is 10.8 Å². The van der Waals surface area contributed by atoms with Crippen molar-refractivity contribution in [2.24, 2.45) is 5.92 Å². The molecule has 0 saturated carbocycles. The van der Waals surface area contributed by atoms with Gasteiger partial charge in [-0.3, -0.25) is 19.7 Å². The summed E-state index contributed by atoms with van der Waals surface area (Å²) in [6, 6.07) is 20.8. The summed E-state index contributed by atoms with van der Waals surface area (Å²) in [7, 11) is 0. The van der Waals surface area contributed by atoms with Crippen LogP contribution in [0.25, 0.3) is 0 Å². The average Bonchev–Trinajstić information content (AvgIpc) is 2.90. The van der Waals surface area contributed by atoms with Crippen molar-refractivity contribution in [1.29, 1.82) is 0 Å². The summed E-state index contributed by atoms with van der Waals surface area (Å²) in [5.41, 5.74) is 2.94. The Morgan fingerprint density at radius 2 is 1.72 bits per heavy atom. The van der Waals surface area contributed by atoms with E-state index in [1.165, 1.54) is 24.3 Å². The quantitative estimate of drug-likeness (QED) is 0.342. The molecule has 1 aliphatic rings. The van der Waals surface area contributed by atoms with Gasteiger partial charge in [0.05, 0.1) is 10.5 Å². The number of carbonyl (C=O) groups excluding carboxylic acids is 2. The van der Waals surface area contributed by atoms with Crippen LogP contribution >= 0.6 is 0 Å². The van der Waals surface area contributed by atoms with Gasteiger partial charge in [-0.2, -0.15) is 0 Å². The summed E-state index contributed by atoms with van der Waals surface area (Å²) < 4.78 is 0. The summed E-state index contributed by atoms with van der Waals surface area (Å²) in [4.78, 5) is 38.8. The van der Waals surface area contributed by atoms with Crippen LogP contribution in [0.2, 0.25) is 0 Å². The molecule has 0 unspecified atom stereocenters. The fourth-order valence-electron chi connectivity index (χ4n) is 4.35. The molecule has 36 heavy (non-hydrogen) atoms. The Balaban J connectivity index is 1.53. The number of anilines is 2. The second-order valence-corrected chi connectivity index (χ2v) is 9.15. The molecule has 3 aromatic rings. The zero-order valence-electron chi connectivity index (χ0n) is 20.3. The number of nitro benzene ring substituents is 1. The van der Waals surface area contributed by atoms with E-state index in [0.717, 1.165) is 37.2 Å². The van der Waals surface area contributed by atoms with Gasteiger partial charge in [0.15, 0.2) is 0 Å². The van der Waals surface area contributed by atoms with E-state index in [1.54, 1.807) is 12.1 Å². The average molecular weight is 487 g/mol. The molecule has 8 heteroatoms. The third-order valence-corrected chi connectivity index (χ3v) is 6.48. The molecule has 0 atom stereocenters. The summed E-state index contributed by atoms with van der Waals surface area (Å²) in [6.45, 7) is 4.46. The monoisotopic (exact) mass is 486 g/mol. The number of nitrogens with zero attached hydrogens (tertiary/aromatic N) is 2. The highest BCUT2D eigenvalue weighted by Gasteiger charge is 2.22. The Labute approximate surface area is 210 Å². The zero-order chi connectivity index (χ0) is 25.5. The smallest absolute Gasteiger partial charge is 0.270 e. The molecule has 2 N–H and O–H groups in total. The minimum absolute atomic E-state index is 0.157. The highest BCUT2D eigenvalue weighted by molar-refractivity contribution is 6.06. The first kappa shape index (κ1) is 24.9. The number of rotatable bonds is 8.